The third kappa shape index (κ3) is 2.44. The van der Waals surface area contributed by atoms with E-state index < -0.39 is 5.54 Å². The number of likely N-dealkylation sites (N-methyl/N-ethyl adjacent to an activating group) is 1. The Balaban J connectivity index is 4.68. The molecule has 0 bridgehead atoms. The molecule has 3 heteroatoms. The lowest BCUT2D eigenvalue weighted by molar-refractivity contribution is -0.154. The van der Waals surface area contributed by atoms with Gasteiger partial charge in [-0.3, -0.25) is 9.69 Å². The average molecular weight is 187 g/mol. The van der Waals surface area contributed by atoms with Crippen molar-refractivity contribution in [1.29, 1.82) is 0 Å². The summed E-state index contributed by atoms with van der Waals surface area (Å²) in [6.07, 6.45) is 0.779. The SMILES string of the molecule is CCN(CC)C(C)(CC)C(=O)OC. The summed E-state index contributed by atoms with van der Waals surface area (Å²) < 4.78 is 4.81. The molecule has 0 heterocycles. The molecule has 0 N–H and O–H groups in total. The summed E-state index contributed by atoms with van der Waals surface area (Å²) in [6.45, 7) is 9.80. The fraction of sp³-hybridized carbons (Fsp3) is 0.900. The molecule has 0 radical (unpaired) electrons. The Morgan fingerprint density at radius 2 is 1.77 bits per heavy atom. The molecule has 0 saturated carbocycles. The van der Waals surface area contributed by atoms with Crippen LogP contribution in [0.4, 0.5) is 0 Å². The summed E-state index contributed by atoms with van der Waals surface area (Å²) in [6, 6.07) is 0. The van der Waals surface area contributed by atoms with Crippen LogP contribution in [-0.4, -0.2) is 36.6 Å². The second kappa shape index (κ2) is 5.22. The molecule has 0 fully saturated rings. The van der Waals surface area contributed by atoms with Crippen LogP contribution in [0.1, 0.15) is 34.1 Å². The van der Waals surface area contributed by atoms with Gasteiger partial charge in [0, 0.05) is 0 Å². The summed E-state index contributed by atoms with van der Waals surface area (Å²) in [7, 11) is 1.44. The Bertz CT molecular complexity index is 166. The van der Waals surface area contributed by atoms with Crippen molar-refractivity contribution in [3.8, 4) is 0 Å². The van der Waals surface area contributed by atoms with Crippen LogP contribution in [0.5, 0.6) is 0 Å². The number of hydrogen-bond donors (Lipinski definition) is 0. The monoisotopic (exact) mass is 187 g/mol. The smallest absolute Gasteiger partial charge is 0.325 e. The highest BCUT2D eigenvalue weighted by atomic mass is 16.5. The summed E-state index contributed by atoms with van der Waals surface area (Å²) in [5.74, 6) is -0.140. The number of hydrogen-bond acceptors (Lipinski definition) is 3. The number of carbonyl (C=O) groups excluding carboxylic acids is 1. The third-order valence-electron chi connectivity index (χ3n) is 2.77. The average Bonchev–Trinajstić information content (AvgIpc) is 2.17. The van der Waals surface area contributed by atoms with Crippen LogP contribution in [0.3, 0.4) is 0 Å². The Kier molecular flexibility index (Phi) is 4.99. The minimum atomic E-state index is -0.460. The second-order valence-corrected chi connectivity index (χ2v) is 3.29. The number of nitrogens with zero attached hydrogens (tertiary/aromatic N) is 1. The molecule has 0 aliphatic carbocycles. The molecule has 0 amide bonds. The molecule has 0 aromatic rings. The molecule has 0 aromatic carbocycles. The predicted molar refractivity (Wildman–Crippen MR) is 53.6 cm³/mol. The topological polar surface area (TPSA) is 29.5 Å². The Morgan fingerprint density at radius 3 is 2.00 bits per heavy atom. The van der Waals surface area contributed by atoms with E-state index in [0.717, 1.165) is 19.5 Å². The second-order valence-electron chi connectivity index (χ2n) is 3.29. The van der Waals surface area contributed by atoms with Crippen LogP contribution in [0.15, 0.2) is 0 Å². The van der Waals surface area contributed by atoms with Crippen LogP contribution in [0.2, 0.25) is 0 Å². The van der Waals surface area contributed by atoms with Crippen molar-refractivity contribution in [2.45, 2.75) is 39.7 Å². The first-order chi connectivity index (χ1) is 6.06. The minimum Gasteiger partial charge on any atom is -0.468 e. The van der Waals surface area contributed by atoms with Gasteiger partial charge in [0.25, 0.3) is 0 Å². The van der Waals surface area contributed by atoms with Crippen LogP contribution < -0.4 is 0 Å². The first-order valence-corrected chi connectivity index (χ1v) is 4.90. The molecule has 1 atom stereocenters. The standard InChI is InChI=1S/C10H21NO2/c1-6-10(4,9(12)13-5)11(7-2)8-3/h6-8H2,1-5H3. The fourth-order valence-corrected chi connectivity index (χ4v) is 1.64. The Labute approximate surface area is 81.1 Å². The van der Waals surface area contributed by atoms with Crippen molar-refractivity contribution in [2.24, 2.45) is 0 Å². The number of esters is 1. The maximum atomic E-state index is 11.6. The van der Waals surface area contributed by atoms with Gasteiger partial charge in [-0.25, -0.2) is 0 Å². The van der Waals surface area contributed by atoms with E-state index in [1.54, 1.807) is 0 Å². The van der Waals surface area contributed by atoms with Crippen molar-refractivity contribution in [1.82, 2.24) is 4.90 Å². The largest absolute Gasteiger partial charge is 0.468 e. The minimum absolute atomic E-state index is 0.140. The van der Waals surface area contributed by atoms with Gasteiger partial charge in [-0.15, -0.1) is 0 Å². The normalized spacial score (nSPS) is 15.5. The first-order valence-electron chi connectivity index (χ1n) is 4.90. The molecule has 78 valence electrons. The van der Waals surface area contributed by atoms with Crippen molar-refractivity contribution in [3.63, 3.8) is 0 Å². The molecule has 0 spiro atoms. The zero-order chi connectivity index (χ0) is 10.5. The van der Waals surface area contributed by atoms with Crippen LogP contribution >= 0.6 is 0 Å². The van der Waals surface area contributed by atoms with Gasteiger partial charge in [-0.05, 0) is 26.4 Å². The van der Waals surface area contributed by atoms with E-state index in [1.807, 2.05) is 13.8 Å². The third-order valence-corrected chi connectivity index (χ3v) is 2.77. The number of rotatable bonds is 5. The highest BCUT2D eigenvalue weighted by Crippen LogP contribution is 2.20. The van der Waals surface area contributed by atoms with Crippen LogP contribution in [0.25, 0.3) is 0 Å². The lowest BCUT2D eigenvalue weighted by Crippen LogP contribution is -2.52. The summed E-state index contributed by atoms with van der Waals surface area (Å²) in [5, 5.41) is 0. The zero-order valence-corrected chi connectivity index (χ0v) is 9.39. The summed E-state index contributed by atoms with van der Waals surface area (Å²) >= 11 is 0. The van der Waals surface area contributed by atoms with Gasteiger partial charge < -0.3 is 4.74 Å². The summed E-state index contributed by atoms with van der Waals surface area (Å²) in [4.78, 5) is 13.7. The van der Waals surface area contributed by atoms with Crippen molar-refractivity contribution >= 4 is 5.97 Å². The van der Waals surface area contributed by atoms with E-state index in [0.29, 0.717) is 0 Å². The molecule has 0 saturated heterocycles. The van der Waals surface area contributed by atoms with Gasteiger partial charge in [0.05, 0.1) is 7.11 Å². The van der Waals surface area contributed by atoms with Crippen molar-refractivity contribution < 1.29 is 9.53 Å². The van der Waals surface area contributed by atoms with E-state index in [9.17, 15) is 4.79 Å². The van der Waals surface area contributed by atoms with Crippen molar-refractivity contribution in [2.75, 3.05) is 20.2 Å². The van der Waals surface area contributed by atoms with Gasteiger partial charge in [0.2, 0.25) is 0 Å². The van der Waals surface area contributed by atoms with Crippen LogP contribution in [-0.2, 0) is 9.53 Å². The molecule has 0 rings (SSSR count). The molecule has 3 nitrogen and oxygen atoms in total. The van der Waals surface area contributed by atoms with E-state index in [4.69, 9.17) is 4.74 Å². The van der Waals surface area contributed by atoms with Gasteiger partial charge in [0.1, 0.15) is 5.54 Å². The van der Waals surface area contributed by atoms with E-state index in [-0.39, 0.29) is 5.97 Å². The Morgan fingerprint density at radius 1 is 1.31 bits per heavy atom. The van der Waals surface area contributed by atoms with Gasteiger partial charge in [-0.2, -0.15) is 0 Å². The molecule has 0 aliphatic heterocycles. The highest BCUT2D eigenvalue weighted by molar-refractivity contribution is 5.80. The number of ether oxygens (including phenoxy) is 1. The van der Waals surface area contributed by atoms with E-state index in [2.05, 4.69) is 18.7 Å². The number of methoxy groups -OCH3 is 1. The molecular formula is C10H21NO2. The number of carbonyl (C=O) groups is 1. The molecule has 13 heavy (non-hydrogen) atoms. The first kappa shape index (κ1) is 12.4. The van der Waals surface area contributed by atoms with Gasteiger partial charge in [-0.1, -0.05) is 20.8 Å². The van der Waals surface area contributed by atoms with Gasteiger partial charge in [0.15, 0.2) is 0 Å². The lowest BCUT2D eigenvalue weighted by Gasteiger charge is -2.36. The molecule has 0 aromatic heterocycles. The quantitative estimate of drug-likeness (QED) is 0.613. The van der Waals surface area contributed by atoms with Crippen LogP contribution in [0, 0.1) is 0 Å². The summed E-state index contributed by atoms with van der Waals surface area (Å²) in [5.41, 5.74) is -0.460. The maximum Gasteiger partial charge on any atom is 0.325 e. The zero-order valence-electron chi connectivity index (χ0n) is 9.39. The fourth-order valence-electron chi connectivity index (χ4n) is 1.64. The molecule has 1 unspecified atom stereocenters. The van der Waals surface area contributed by atoms with E-state index in [1.165, 1.54) is 7.11 Å². The van der Waals surface area contributed by atoms with E-state index >= 15 is 0 Å². The molecular weight excluding hydrogens is 166 g/mol. The maximum absolute atomic E-state index is 11.6. The molecule has 0 aliphatic rings. The predicted octanol–water partition coefficient (Wildman–Crippen LogP) is 1.67. The van der Waals surface area contributed by atoms with Gasteiger partial charge >= 0.3 is 5.97 Å². The Hall–Kier alpha value is -0.570. The lowest BCUT2D eigenvalue weighted by atomic mass is 9.96. The van der Waals surface area contributed by atoms with Crippen molar-refractivity contribution in [3.05, 3.63) is 0 Å². The highest BCUT2D eigenvalue weighted by Gasteiger charge is 2.37.